The van der Waals surface area contributed by atoms with Gasteiger partial charge in [-0.05, 0) is 18.9 Å². The average Bonchev–Trinajstić information content (AvgIpc) is 2.36. The van der Waals surface area contributed by atoms with Gasteiger partial charge >= 0.3 is 0 Å². The summed E-state index contributed by atoms with van der Waals surface area (Å²) in [5.41, 5.74) is 7.99. The molecule has 1 rings (SSSR count). The fourth-order valence-corrected chi connectivity index (χ4v) is 2.32. The fourth-order valence-electron chi connectivity index (χ4n) is 2.32. The number of benzene rings is 1. The standard InChI is InChI=1S/C16H26N2O/c1-5-6-13-7-9-14(10-8-13)15(11(2)3)18-12(4)16(17)19/h7-12,15,18H,5-6H2,1-4H3,(H2,17,19)/p+1/t12-,15-/m1/s1. The van der Waals surface area contributed by atoms with Crippen LogP contribution in [0.15, 0.2) is 24.3 Å². The molecule has 0 aliphatic heterocycles. The minimum Gasteiger partial charge on any atom is -0.365 e. The van der Waals surface area contributed by atoms with E-state index in [0.29, 0.717) is 5.92 Å². The lowest BCUT2D eigenvalue weighted by atomic mass is 9.94. The van der Waals surface area contributed by atoms with E-state index in [1.165, 1.54) is 11.1 Å². The third-order valence-corrected chi connectivity index (χ3v) is 3.57. The van der Waals surface area contributed by atoms with E-state index < -0.39 is 0 Å². The molecule has 0 saturated heterocycles. The zero-order valence-corrected chi connectivity index (χ0v) is 12.5. The second-order valence-electron chi connectivity index (χ2n) is 5.64. The highest BCUT2D eigenvalue weighted by Gasteiger charge is 2.24. The maximum Gasteiger partial charge on any atom is 0.275 e. The largest absolute Gasteiger partial charge is 0.365 e. The molecule has 0 spiro atoms. The summed E-state index contributed by atoms with van der Waals surface area (Å²) in [6.07, 6.45) is 2.28. The predicted octanol–water partition coefficient (Wildman–Crippen LogP) is 1.77. The van der Waals surface area contributed by atoms with Gasteiger partial charge in [0.05, 0.1) is 0 Å². The fraction of sp³-hybridized carbons (Fsp3) is 0.562. The number of carbonyl (C=O) groups excluding carboxylic acids is 1. The van der Waals surface area contributed by atoms with Crippen molar-refractivity contribution >= 4 is 5.91 Å². The highest BCUT2D eigenvalue weighted by molar-refractivity contribution is 5.77. The maximum absolute atomic E-state index is 11.2. The molecule has 0 unspecified atom stereocenters. The van der Waals surface area contributed by atoms with Gasteiger partial charge in [0.25, 0.3) is 5.91 Å². The number of carbonyl (C=O) groups is 1. The highest BCUT2D eigenvalue weighted by Crippen LogP contribution is 2.19. The van der Waals surface area contributed by atoms with Gasteiger partial charge in [-0.15, -0.1) is 0 Å². The summed E-state index contributed by atoms with van der Waals surface area (Å²) in [6, 6.07) is 8.83. The number of nitrogens with two attached hydrogens (primary N) is 2. The van der Waals surface area contributed by atoms with Crippen LogP contribution >= 0.6 is 0 Å². The number of rotatable bonds is 7. The van der Waals surface area contributed by atoms with Gasteiger partial charge in [0.2, 0.25) is 0 Å². The quantitative estimate of drug-likeness (QED) is 0.774. The van der Waals surface area contributed by atoms with Crippen molar-refractivity contribution in [3.8, 4) is 0 Å². The molecule has 0 saturated carbocycles. The van der Waals surface area contributed by atoms with E-state index in [2.05, 4.69) is 50.4 Å². The second-order valence-corrected chi connectivity index (χ2v) is 5.64. The van der Waals surface area contributed by atoms with Gasteiger partial charge in [-0.1, -0.05) is 51.5 Å². The van der Waals surface area contributed by atoms with Crippen LogP contribution in [-0.2, 0) is 11.2 Å². The molecule has 19 heavy (non-hydrogen) atoms. The van der Waals surface area contributed by atoms with Crippen LogP contribution in [0.2, 0.25) is 0 Å². The molecular weight excluding hydrogens is 236 g/mol. The van der Waals surface area contributed by atoms with Crippen molar-refractivity contribution < 1.29 is 10.1 Å². The third-order valence-electron chi connectivity index (χ3n) is 3.57. The Kier molecular flexibility index (Phi) is 6.03. The van der Waals surface area contributed by atoms with E-state index in [0.717, 1.165) is 12.8 Å². The lowest BCUT2D eigenvalue weighted by Crippen LogP contribution is -2.93. The molecule has 0 radical (unpaired) electrons. The first-order valence-electron chi connectivity index (χ1n) is 7.18. The molecule has 0 aromatic heterocycles. The molecular formula is C16H27N2O+. The van der Waals surface area contributed by atoms with Gasteiger partial charge in [0, 0.05) is 11.5 Å². The van der Waals surface area contributed by atoms with Gasteiger partial charge in [-0.3, -0.25) is 4.79 Å². The van der Waals surface area contributed by atoms with Crippen molar-refractivity contribution in [2.45, 2.75) is 52.6 Å². The van der Waals surface area contributed by atoms with Gasteiger partial charge in [0.1, 0.15) is 6.04 Å². The van der Waals surface area contributed by atoms with Gasteiger partial charge in [0.15, 0.2) is 6.04 Å². The monoisotopic (exact) mass is 263 g/mol. The summed E-state index contributed by atoms with van der Waals surface area (Å²) in [4.78, 5) is 11.2. The Morgan fingerprint density at radius 2 is 1.79 bits per heavy atom. The van der Waals surface area contributed by atoms with Gasteiger partial charge in [-0.25, -0.2) is 0 Å². The predicted molar refractivity (Wildman–Crippen MR) is 78.6 cm³/mol. The van der Waals surface area contributed by atoms with Gasteiger partial charge < -0.3 is 11.1 Å². The van der Waals surface area contributed by atoms with E-state index in [4.69, 9.17) is 5.73 Å². The first kappa shape index (κ1) is 15.7. The lowest BCUT2D eigenvalue weighted by molar-refractivity contribution is -0.719. The van der Waals surface area contributed by atoms with Crippen molar-refractivity contribution in [1.29, 1.82) is 0 Å². The number of hydrogen-bond acceptors (Lipinski definition) is 1. The number of aryl methyl sites for hydroxylation is 1. The van der Waals surface area contributed by atoms with Crippen LogP contribution in [0.3, 0.4) is 0 Å². The number of hydrogen-bond donors (Lipinski definition) is 2. The highest BCUT2D eigenvalue weighted by atomic mass is 16.1. The third kappa shape index (κ3) is 4.67. The van der Waals surface area contributed by atoms with Crippen LogP contribution in [0.25, 0.3) is 0 Å². The van der Waals surface area contributed by atoms with Crippen molar-refractivity contribution in [2.24, 2.45) is 11.7 Å². The Morgan fingerprint density at radius 1 is 1.21 bits per heavy atom. The molecule has 4 N–H and O–H groups in total. The molecule has 3 heteroatoms. The van der Waals surface area contributed by atoms with Crippen molar-refractivity contribution in [2.75, 3.05) is 0 Å². The molecule has 2 atom stereocenters. The normalized spacial score (nSPS) is 14.4. The summed E-state index contributed by atoms with van der Waals surface area (Å²) < 4.78 is 0. The zero-order valence-electron chi connectivity index (χ0n) is 12.5. The molecule has 3 nitrogen and oxygen atoms in total. The minimum absolute atomic E-state index is 0.192. The van der Waals surface area contributed by atoms with Crippen LogP contribution in [0.1, 0.15) is 51.3 Å². The average molecular weight is 263 g/mol. The van der Waals surface area contributed by atoms with Crippen LogP contribution in [0.5, 0.6) is 0 Å². The van der Waals surface area contributed by atoms with Gasteiger partial charge in [-0.2, -0.15) is 0 Å². The maximum atomic E-state index is 11.2. The second kappa shape index (κ2) is 7.29. The minimum atomic E-state index is -0.256. The summed E-state index contributed by atoms with van der Waals surface area (Å²) in [5, 5.41) is 2.07. The molecule has 1 aromatic carbocycles. The van der Waals surface area contributed by atoms with Crippen LogP contribution in [0.4, 0.5) is 0 Å². The molecule has 0 fully saturated rings. The van der Waals surface area contributed by atoms with Crippen molar-refractivity contribution in [3.05, 3.63) is 35.4 Å². The SMILES string of the molecule is CCCc1ccc([C@H]([NH2+][C@H](C)C(N)=O)C(C)C)cc1. The molecule has 0 aliphatic rings. The zero-order chi connectivity index (χ0) is 14.4. The Bertz CT molecular complexity index is 398. The van der Waals surface area contributed by atoms with E-state index in [1.807, 2.05) is 6.92 Å². The van der Waals surface area contributed by atoms with E-state index >= 15 is 0 Å². The first-order valence-corrected chi connectivity index (χ1v) is 7.18. The summed E-state index contributed by atoms with van der Waals surface area (Å²) >= 11 is 0. The molecule has 0 aliphatic carbocycles. The van der Waals surface area contributed by atoms with E-state index in [-0.39, 0.29) is 18.0 Å². The molecule has 1 aromatic rings. The van der Waals surface area contributed by atoms with Crippen molar-refractivity contribution in [3.63, 3.8) is 0 Å². The lowest BCUT2D eigenvalue weighted by Gasteiger charge is -2.22. The Morgan fingerprint density at radius 3 is 2.21 bits per heavy atom. The van der Waals surface area contributed by atoms with Crippen molar-refractivity contribution in [1.82, 2.24) is 0 Å². The van der Waals surface area contributed by atoms with Crippen LogP contribution in [-0.4, -0.2) is 11.9 Å². The topological polar surface area (TPSA) is 59.7 Å². The summed E-state index contributed by atoms with van der Waals surface area (Å²) in [6.45, 7) is 8.40. The molecule has 1 amide bonds. The molecule has 0 bridgehead atoms. The Labute approximate surface area is 116 Å². The molecule has 0 heterocycles. The summed E-state index contributed by atoms with van der Waals surface area (Å²) in [7, 11) is 0. The van der Waals surface area contributed by atoms with E-state index in [1.54, 1.807) is 0 Å². The smallest absolute Gasteiger partial charge is 0.275 e. The number of quaternary nitrogens is 1. The first-order chi connectivity index (χ1) is 8.95. The van der Waals surface area contributed by atoms with E-state index in [9.17, 15) is 4.79 Å². The number of primary amides is 1. The van der Waals surface area contributed by atoms with Crippen LogP contribution in [0, 0.1) is 5.92 Å². The summed E-state index contributed by atoms with van der Waals surface area (Å²) in [5.74, 6) is 0.201. The van der Waals surface area contributed by atoms with Crippen LogP contribution < -0.4 is 11.1 Å². The molecule has 106 valence electrons. The Balaban J connectivity index is 2.84. The Hall–Kier alpha value is -1.35. The number of amides is 1.